The van der Waals surface area contributed by atoms with Crippen molar-refractivity contribution in [1.82, 2.24) is 0 Å². The zero-order chi connectivity index (χ0) is 16.0. The van der Waals surface area contributed by atoms with Crippen molar-refractivity contribution < 1.29 is 27.6 Å². The zero-order valence-electron chi connectivity index (χ0n) is 13.5. The van der Waals surface area contributed by atoms with Crippen molar-refractivity contribution in [2.45, 2.75) is 46.6 Å². The highest BCUT2D eigenvalue weighted by Gasteiger charge is 2.63. The molecule has 1 aliphatic rings. The van der Waals surface area contributed by atoms with Crippen molar-refractivity contribution in [3.63, 3.8) is 0 Å². The first-order valence-corrected chi connectivity index (χ1v) is 9.39. The van der Waals surface area contributed by atoms with Gasteiger partial charge < -0.3 is 18.0 Å². The summed E-state index contributed by atoms with van der Waals surface area (Å²) in [5.41, 5.74) is -0.757. The number of carbonyl (C=O) groups is 2. The third kappa shape index (κ3) is 4.12. The standard InChI is InChI=1S/C14H26O6Si/c1-6-17-21(18-7-2,19-8-3)12-11(9-10(4)5)13(15)20-14(12)16/h10-12H,6-9H2,1-5H3. The minimum absolute atomic E-state index is 0.257. The Bertz CT molecular complexity index is 353. The highest BCUT2D eigenvalue weighted by Crippen LogP contribution is 2.42. The van der Waals surface area contributed by atoms with Crippen LogP contribution in [0.4, 0.5) is 0 Å². The first-order valence-electron chi connectivity index (χ1n) is 7.59. The van der Waals surface area contributed by atoms with Crippen LogP contribution in [0.15, 0.2) is 0 Å². The molecule has 0 aromatic rings. The molecular formula is C14H26O6Si. The summed E-state index contributed by atoms with van der Waals surface area (Å²) in [4.78, 5) is 24.2. The van der Waals surface area contributed by atoms with Gasteiger partial charge in [0, 0.05) is 19.8 Å². The van der Waals surface area contributed by atoms with Gasteiger partial charge in [-0.25, -0.2) is 0 Å². The summed E-state index contributed by atoms with van der Waals surface area (Å²) in [5.74, 6) is -1.36. The Morgan fingerprint density at radius 3 is 1.86 bits per heavy atom. The Balaban J connectivity index is 3.16. The lowest BCUT2D eigenvalue weighted by Gasteiger charge is -2.33. The maximum Gasteiger partial charge on any atom is 0.516 e. The van der Waals surface area contributed by atoms with E-state index in [4.69, 9.17) is 18.0 Å². The first-order chi connectivity index (χ1) is 9.91. The van der Waals surface area contributed by atoms with Crippen LogP contribution < -0.4 is 0 Å². The van der Waals surface area contributed by atoms with E-state index < -0.39 is 32.2 Å². The van der Waals surface area contributed by atoms with E-state index in [-0.39, 0.29) is 5.92 Å². The molecule has 1 saturated heterocycles. The molecule has 0 amide bonds. The van der Waals surface area contributed by atoms with Gasteiger partial charge in [-0.1, -0.05) is 13.8 Å². The van der Waals surface area contributed by atoms with Crippen LogP contribution in [0.25, 0.3) is 0 Å². The summed E-state index contributed by atoms with van der Waals surface area (Å²) in [7, 11) is -3.29. The largest absolute Gasteiger partial charge is 0.516 e. The molecule has 1 fully saturated rings. The van der Waals surface area contributed by atoms with Crippen molar-refractivity contribution in [1.29, 1.82) is 0 Å². The van der Waals surface area contributed by atoms with Gasteiger partial charge in [0.05, 0.1) is 5.92 Å². The Hall–Kier alpha value is -0.763. The molecular weight excluding hydrogens is 292 g/mol. The maximum absolute atomic E-state index is 12.2. The topological polar surface area (TPSA) is 71.1 Å². The minimum Gasteiger partial charge on any atom is -0.393 e. The number of ether oxygens (including phenoxy) is 1. The summed E-state index contributed by atoms with van der Waals surface area (Å²) >= 11 is 0. The summed E-state index contributed by atoms with van der Waals surface area (Å²) < 4.78 is 22.1. The van der Waals surface area contributed by atoms with Crippen LogP contribution in [0.3, 0.4) is 0 Å². The van der Waals surface area contributed by atoms with Gasteiger partial charge in [0.25, 0.3) is 0 Å². The van der Waals surface area contributed by atoms with Crippen molar-refractivity contribution in [2.75, 3.05) is 19.8 Å². The van der Waals surface area contributed by atoms with Gasteiger partial charge in [-0.05, 0) is 33.1 Å². The number of hydrogen-bond acceptors (Lipinski definition) is 6. The van der Waals surface area contributed by atoms with Crippen LogP contribution in [0.2, 0.25) is 5.54 Å². The molecule has 6 nitrogen and oxygen atoms in total. The van der Waals surface area contributed by atoms with Gasteiger partial charge in [-0.3, -0.25) is 9.59 Å². The molecule has 0 spiro atoms. The Morgan fingerprint density at radius 2 is 1.48 bits per heavy atom. The normalized spacial score (nSPS) is 23.0. The van der Waals surface area contributed by atoms with Crippen LogP contribution in [-0.2, 0) is 27.6 Å². The molecule has 2 unspecified atom stereocenters. The van der Waals surface area contributed by atoms with Gasteiger partial charge in [0.2, 0.25) is 0 Å². The van der Waals surface area contributed by atoms with Crippen LogP contribution in [0, 0.1) is 11.8 Å². The average Bonchev–Trinajstić information content (AvgIpc) is 2.64. The van der Waals surface area contributed by atoms with Crippen molar-refractivity contribution >= 4 is 20.7 Å². The summed E-state index contributed by atoms with van der Waals surface area (Å²) in [6.45, 7) is 10.5. The third-order valence-electron chi connectivity index (χ3n) is 3.30. The van der Waals surface area contributed by atoms with Crippen LogP contribution in [0.1, 0.15) is 41.0 Å². The fourth-order valence-corrected chi connectivity index (χ4v) is 5.78. The number of carbonyl (C=O) groups excluding carboxylic acids is 2. The molecule has 0 saturated carbocycles. The summed E-state index contributed by atoms with van der Waals surface area (Å²) in [6.07, 6.45) is 0.553. The van der Waals surface area contributed by atoms with E-state index in [2.05, 4.69) is 0 Å². The van der Waals surface area contributed by atoms with E-state index in [1.165, 1.54) is 0 Å². The molecule has 0 aromatic heterocycles. The lowest BCUT2D eigenvalue weighted by atomic mass is 9.95. The monoisotopic (exact) mass is 318 g/mol. The highest BCUT2D eigenvalue weighted by atomic mass is 28.4. The second-order valence-electron chi connectivity index (χ2n) is 5.36. The third-order valence-corrected chi connectivity index (χ3v) is 6.78. The van der Waals surface area contributed by atoms with Crippen LogP contribution in [-0.4, -0.2) is 40.6 Å². The molecule has 0 N–H and O–H groups in total. The average molecular weight is 318 g/mol. The molecule has 2 atom stereocenters. The predicted octanol–water partition coefficient (Wildman–Crippen LogP) is 2.15. The van der Waals surface area contributed by atoms with Crippen molar-refractivity contribution in [3.8, 4) is 0 Å². The molecule has 122 valence electrons. The Kier molecular flexibility index (Phi) is 6.99. The molecule has 7 heteroatoms. The number of cyclic esters (lactones) is 2. The molecule has 0 aliphatic carbocycles. The van der Waals surface area contributed by atoms with Gasteiger partial charge >= 0.3 is 20.7 Å². The number of rotatable bonds is 9. The van der Waals surface area contributed by atoms with Gasteiger partial charge in [-0.15, -0.1) is 0 Å². The van der Waals surface area contributed by atoms with E-state index in [1.807, 2.05) is 34.6 Å². The summed E-state index contributed by atoms with van der Waals surface area (Å²) in [5, 5.41) is 0. The molecule has 0 radical (unpaired) electrons. The van der Waals surface area contributed by atoms with Crippen molar-refractivity contribution in [3.05, 3.63) is 0 Å². The molecule has 0 bridgehead atoms. The fourth-order valence-electron chi connectivity index (χ4n) is 2.67. The maximum atomic E-state index is 12.2. The van der Waals surface area contributed by atoms with Gasteiger partial charge in [-0.2, -0.15) is 0 Å². The quantitative estimate of drug-likeness (QED) is 0.368. The molecule has 0 aromatic carbocycles. The molecule has 1 heterocycles. The van der Waals surface area contributed by atoms with Gasteiger partial charge in [0.1, 0.15) is 5.54 Å². The lowest BCUT2D eigenvalue weighted by molar-refractivity contribution is -0.153. The van der Waals surface area contributed by atoms with Crippen LogP contribution >= 0.6 is 0 Å². The summed E-state index contributed by atoms with van der Waals surface area (Å²) in [6, 6.07) is 0. The SMILES string of the molecule is CCO[Si](OCC)(OCC)C1C(=O)OC(=O)C1CC(C)C. The second-order valence-corrected chi connectivity index (χ2v) is 8.05. The van der Waals surface area contributed by atoms with E-state index in [0.29, 0.717) is 26.2 Å². The van der Waals surface area contributed by atoms with E-state index in [0.717, 1.165) is 0 Å². The first kappa shape index (κ1) is 18.3. The smallest absolute Gasteiger partial charge is 0.393 e. The zero-order valence-corrected chi connectivity index (χ0v) is 14.5. The number of esters is 2. The molecule has 21 heavy (non-hydrogen) atoms. The Morgan fingerprint density at radius 1 is 1.00 bits per heavy atom. The minimum atomic E-state index is -3.29. The predicted molar refractivity (Wildman–Crippen MR) is 78.4 cm³/mol. The Labute approximate surface area is 127 Å². The fraction of sp³-hybridized carbons (Fsp3) is 0.857. The molecule has 1 rings (SSSR count). The van der Waals surface area contributed by atoms with Crippen molar-refractivity contribution in [2.24, 2.45) is 11.8 Å². The van der Waals surface area contributed by atoms with E-state index in [1.54, 1.807) is 0 Å². The number of hydrogen-bond donors (Lipinski definition) is 0. The van der Waals surface area contributed by atoms with Crippen LogP contribution in [0.5, 0.6) is 0 Å². The second kappa shape index (κ2) is 8.02. The van der Waals surface area contributed by atoms with Gasteiger partial charge in [0.15, 0.2) is 0 Å². The lowest BCUT2D eigenvalue weighted by Crippen LogP contribution is -2.53. The van der Waals surface area contributed by atoms with E-state index >= 15 is 0 Å². The molecule has 1 aliphatic heterocycles. The van der Waals surface area contributed by atoms with E-state index in [9.17, 15) is 9.59 Å². The highest BCUT2D eigenvalue weighted by molar-refractivity contribution is 6.67.